The zero-order valence-corrected chi connectivity index (χ0v) is 13.1. The Hall–Kier alpha value is -1.11. The molecule has 0 aliphatic carbocycles. The molecule has 118 valence electrons. The van der Waals surface area contributed by atoms with Crippen molar-refractivity contribution in [2.45, 2.75) is 32.7 Å². The van der Waals surface area contributed by atoms with Crippen LogP contribution in [0, 0.1) is 0 Å². The maximum atomic E-state index is 12.3. The van der Waals surface area contributed by atoms with Crippen LogP contribution in [0.15, 0.2) is 9.59 Å². The molecule has 2 heterocycles. The van der Waals surface area contributed by atoms with E-state index in [1.165, 1.54) is 4.57 Å². The van der Waals surface area contributed by atoms with Crippen molar-refractivity contribution in [3.05, 3.63) is 31.6 Å². The third-order valence-electron chi connectivity index (χ3n) is 3.69. The Balaban J connectivity index is 2.03. The topological polar surface area (TPSA) is 67.3 Å². The number of halogens is 1. The van der Waals surface area contributed by atoms with E-state index in [1.54, 1.807) is 0 Å². The number of aromatic nitrogens is 2. The van der Waals surface area contributed by atoms with Crippen LogP contribution in [0.25, 0.3) is 0 Å². The predicted molar refractivity (Wildman–Crippen MR) is 82.2 cm³/mol. The SMILES string of the molecule is CCCc1c(Cl)[nH]c(=O)n(CCCN2CCOCC2)c1=O. The predicted octanol–water partition coefficient (Wildman–Crippen LogP) is 0.865. The van der Waals surface area contributed by atoms with E-state index >= 15 is 0 Å². The Labute approximate surface area is 128 Å². The fourth-order valence-corrected chi connectivity index (χ4v) is 2.79. The molecule has 0 amide bonds. The van der Waals surface area contributed by atoms with Gasteiger partial charge in [0.05, 0.1) is 18.8 Å². The van der Waals surface area contributed by atoms with Gasteiger partial charge in [0.2, 0.25) is 0 Å². The smallest absolute Gasteiger partial charge is 0.329 e. The first-order valence-electron chi connectivity index (χ1n) is 7.45. The highest BCUT2D eigenvalue weighted by atomic mass is 35.5. The minimum atomic E-state index is -0.424. The third-order valence-corrected chi connectivity index (χ3v) is 4.01. The van der Waals surface area contributed by atoms with E-state index < -0.39 is 5.69 Å². The number of rotatable bonds is 6. The highest BCUT2D eigenvalue weighted by Gasteiger charge is 2.13. The van der Waals surface area contributed by atoms with Crippen molar-refractivity contribution in [1.82, 2.24) is 14.5 Å². The van der Waals surface area contributed by atoms with E-state index in [0.29, 0.717) is 18.5 Å². The number of ether oxygens (including phenoxy) is 1. The van der Waals surface area contributed by atoms with E-state index in [2.05, 4.69) is 9.88 Å². The summed E-state index contributed by atoms with van der Waals surface area (Å²) in [5.41, 5.74) is -0.176. The molecule has 1 aliphatic heterocycles. The van der Waals surface area contributed by atoms with Gasteiger partial charge in [0.1, 0.15) is 5.15 Å². The molecular formula is C14H22ClN3O3. The molecule has 0 bridgehead atoms. The van der Waals surface area contributed by atoms with Crippen LogP contribution in [0.5, 0.6) is 0 Å². The van der Waals surface area contributed by atoms with Gasteiger partial charge in [-0.15, -0.1) is 0 Å². The van der Waals surface area contributed by atoms with Gasteiger partial charge in [-0.1, -0.05) is 24.9 Å². The van der Waals surface area contributed by atoms with Crippen LogP contribution in [-0.2, 0) is 17.7 Å². The van der Waals surface area contributed by atoms with E-state index in [9.17, 15) is 9.59 Å². The molecule has 1 aromatic heterocycles. The van der Waals surface area contributed by atoms with Gasteiger partial charge in [0.25, 0.3) is 5.56 Å². The van der Waals surface area contributed by atoms with E-state index in [0.717, 1.165) is 45.7 Å². The Morgan fingerprint density at radius 1 is 1.24 bits per heavy atom. The molecule has 0 radical (unpaired) electrons. The summed E-state index contributed by atoms with van der Waals surface area (Å²) in [5.74, 6) is 0. The molecule has 1 saturated heterocycles. The molecule has 1 fully saturated rings. The molecule has 0 unspecified atom stereocenters. The number of hydrogen-bond donors (Lipinski definition) is 1. The lowest BCUT2D eigenvalue weighted by atomic mass is 10.2. The first kappa shape index (κ1) is 16.3. The summed E-state index contributed by atoms with van der Waals surface area (Å²) in [4.78, 5) is 29.0. The highest BCUT2D eigenvalue weighted by Crippen LogP contribution is 2.08. The van der Waals surface area contributed by atoms with Crippen molar-refractivity contribution < 1.29 is 4.74 Å². The Bertz CT molecular complexity index is 576. The number of nitrogens with zero attached hydrogens (tertiary/aromatic N) is 2. The second-order valence-electron chi connectivity index (χ2n) is 5.24. The first-order valence-corrected chi connectivity index (χ1v) is 7.83. The van der Waals surface area contributed by atoms with Crippen molar-refractivity contribution in [2.75, 3.05) is 32.8 Å². The molecule has 0 atom stereocenters. The van der Waals surface area contributed by atoms with Crippen molar-refractivity contribution in [2.24, 2.45) is 0 Å². The average Bonchev–Trinajstić information content (AvgIpc) is 2.48. The molecule has 6 nitrogen and oxygen atoms in total. The van der Waals surface area contributed by atoms with Gasteiger partial charge >= 0.3 is 5.69 Å². The Morgan fingerprint density at radius 2 is 1.95 bits per heavy atom. The van der Waals surface area contributed by atoms with Crippen LogP contribution in [0.2, 0.25) is 5.15 Å². The summed E-state index contributed by atoms with van der Waals surface area (Å²) in [6.45, 7) is 6.58. The van der Waals surface area contributed by atoms with Crippen molar-refractivity contribution in [3.8, 4) is 0 Å². The maximum absolute atomic E-state index is 12.3. The van der Waals surface area contributed by atoms with E-state index in [-0.39, 0.29) is 10.7 Å². The number of H-pyrrole nitrogens is 1. The second kappa shape index (κ2) is 7.77. The van der Waals surface area contributed by atoms with E-state index in [1.807, 2.05) is 6.92 Å². The Morgan fingerprint density at radius 3 is 2.62 bits per heavy atom. The van der Waals surface area contributed by atoms with E-state index in [4.69, 9.17) is 16.3 Å². The van der Waals surface area contributed by atoms with Gasteiger partial charge < -0.3 is 4.74 Å². The fourth-order valence-electron chi connectivity index (χ4n) is 2.53. The van der Waals surface area contributed by atoms with Gasteiger partial charge in [-0.2, -0.15) is 0 Å². The zero-order chi connectivity index (χ0) is 15.2. The first-order chi connectivity index (χ1) is 10.1. The molecule has 0 spiro atoms. The largest absolute Gasteiger partial charge is 0.379 e. The third kappa shape index (κ3) is 4.18. The fraction of sp³-hybridized carbons (Fsp3) is 0.714. The zero-order valence-electron chi connectivity index (χ0n) is 12.4. The molecule has 1 aromatic rings. The monoisotopic (exact) mass is 315 g/mol. The second-order valence-corrected chi connectivity index (χ2v) is 5.62. The maximum Gasteiger partial charge on any atom is 0.329 e. The van der Waals surface area contributed by atoms with Gasteiger partial charge in [-0.3, -0.25) is 19.2 Å². The lowest BCUT2D eigenvalue weighted by molar-refractivity contribution is 0.0368. The van der Waals surface area contributed by atoms with Crippen LogP contribution in [0.3, 0.4) is 0 Å². The summed E-state index contributed by atoms with van der Waals surface area (Å²) < 4.78 is 6.55. The molecule has 0 aromatic carbocycles. The van der Waals surface area contributed by atoms with Crippen molar-refractivity contribution in [1.29, 1.82) is 0 Å². The Kier molecular flexibility index (Phi) is 6.02. The summed E-state index contributed by atoms with van der Waals surface area (Å²) in [7, 11) is 0. The van der Waals surface area contributed by atoms with Gasteiger partial charge in [0, 0.05) is 26.2 Å². The molecule has 1 aliphatic rings. The lowest BCUT2D eigenvalue weighted by Gasteiger charge is -2.26. The van der Waals surface area contributed by atoms with Crippen LogP contribution < -0.4 is 11.2 Å². The number of hydrogen-bond acceptors (Lipinski definition) is 4. The number of aromatic amines is 1. The summed E-state index contributed by atoms with van der Waals surface area (Å²) in [6.07, 6.45) is 2.16. The quantitative estimate of drug-likeness (QED) is 0.791. The van der Waals surface area contributed by atoms with Gasteiger partial charge in [0.15, 0.2) is 0 Å². The van der Waals surface area contributed by atoms with Crippen molar-refractivity contribution >= 4 is 11.6 Å². The van der Waals surface area contributed by atoms with Crippen LogP contribution >= 0.6 is 11.6 Å². The molecule has 2 rings (SSSR count). The molecule has 21 heavy (non-hydrogen) atoms. The summed E-state index contributed by atoms with van der Waals surface area (Å²) >= 11 is 5.95. The standard InChI is InChI=1S/C14H22ClN3O3/c1-2-4-11-12(15)16-14(20)18(13(11)19)6-3-5-17-7-9-21-10-8-17/h2-10H2,1H3,(H,16,20). The molecule has 7 heteroatoms. The van der Waals surface area contributed by atoms with Crippen LogP contribution in [-0.4, -0.2) is 47.3 Å². The minimum Gasteiger partial charge on any atom is -0.379 e. The van der Waals surface area contributed by atoms with Gasteiger partial charge in [-0.05, 0) is 12.8 Å². The summed E-state index contributed by atoms with van der Waals surface area (Å²) in [6, 6.07) is 0. The van der Waals surface area contributed by atoms with Gasteiger partial charge in [-0.25, -0.2) is 4.79 Å². The van der Waals surface area contributed by atoms with Crippen molar-refractivity contribution in [3.63, 3.8) is 0 Å². The molecule has 0 saturated carbocycles. The normalized spacial score (nSPS) is 16.3. The van der Waals surface area contributed by atoms with Crippen LogP contribution in [0.4, 0.5) is 0 Å². The lowest BCUT2D eigenvalue weighted by Crippen LogP contribution is -2.40. The average molecular weight is 316 g/mol. The number of morpholine rings is 1. The van der Waals surface area contributed by atoms with Crippen LogP contribution in [0.1, 0.15) is 25.3 Å². The molecular weight excluding hydrogens is 294 g/mol. The highest BCUT2D eigenvalue weighted by molar-refractivity contribution is 6.30. The molecule has 1 N–H and O–H groups in total. The number of nitrogens with one attached hydrogen (secondary N) is 1. The minimum absolute atomic E-state index is 0.177. The summed E-state index contributed by atoms with van der Waals surface area (Å²) in [5, 5.41) is 0.177.